The van der Waals surface area contributed by atoms with Gasteiger partial charge in [-0.2, -0.15) is 5.26 Å². The summed E-state index contributed by atoms with van der Waals surface area (Å²) in [6.07, 6.45) is 0.869. The molecule has 0 radical (unpaired) electrons. The van der Waals surface area contributed by atoms with Crippen molar-refractivity contribution in [3.8, 4) is 17.6 Å². The van der Waals surface area contributed by atoms with Crippen molar-refractivity contribution in [1.82, 2.24) is 0 Å². The molecule has 0 aliphatic heterocycles. The first-order chi connectivity index (χ1) is 6.20. The van der Waals surface area contributed by atoms with Crippen LogP contribution in [0.15, 0.2) is 12.1 Å². The van der Waals surface area contributed by atoms with Crippen LogP contribution in [-0.4, -0.2) is 10.2 Å². The van der Waals surface area contributed by atoms with Gasteiger partial charge >= 0.3 is 0 Å². The zero-order valence-corrected chi connectivity index (χ0v) is 7.41. The van der Waals surface area contributed by atoms with Crippen LogP contribution in [0.5, 0.6) is 11.5 Å². The van der Waals surface area contributed by atoms with Crippen molar-refractivity contribution < 1.29 is 10.2 Å². The van der Waals surface area contributed by atoms with Gasteiger partial charge in [-0.15, -0.1) is 0 Å². The summed E-state index contributed by atoms with van der Waals surface area (Å²) in [5, 5.41) is 27.1. The van der Waals surface area contributed by atoms with E-state index >= 15 is 0 Å². The van der Waals surface area contributed by atoms with Crippen LogP contribution >= 0.6 is 0 Å². The minimum atomic E-state index is -0.126. The molecule has 0 amide bonds. The first kappa shape index (κ1) is 9.40. The lowest BCUT2D eigenvalue weighted by Crippen LogP contribution is -1.92. The fourth-order valence-electron chi connectivity index (χ4n) is 1.31. The van der Waals surface area contributed by atoms with Crippen molar-refractivity contribution >= 4 is 0 Å². The summed E-state index contributed by atoms with van der Waals surface area (Å²) >= 11 is 0. The van der Waals surface area contributed by atoms with Gasteiger partial charge in [0.2, 0.25) is 0 Å². The topological polar surface area (TPSA) is 64.2 Å². The monoisotopic (exact) mass is 177 g/mol. The van der Waals surface area contributed by atoms with Crippen LogP contribution in [0.4, 0.5) is 0 Å². The fourth-order valence-corrected chi connectivity index (χ4v) is 1.31. The molecule has 0 bridgehead atoms. The van der Waals surface area contributed by atoms with Gasteiger partial charge in [-0.25, -0.2) is 0 Å². The van der Waals surface area contributed by atoms with E-state index in [0.717, 1.165) is 5.56 Å². The predicted molar refractivity (Wildman–Crippen MR) is 48.5 cm³/mol. The Labute approximate surface area is 76.9 Å². The van der Waals surface area contributed by atoms with E-state index in [9.17, 15) is 10.2 Å². The Morgan fingerprint density at radius 1 is 1.38 bits per heavy atom. The third-order valence-electron chi connectivity index (χ3n) is 1.98. The lowest BCUT2D eigenvalue weighted by molar-refractivity contribution is 0.399. The summed E-state index contributed by atoms with van der Waals surface area (Å²) in [5.41, 5.74) is 1.43. The molecule has 3 heteroatoms. The molecule has 0 spiro atoms. The molecule has 1 aromatic rings. The number of benzene rings is 1. The predicted octanol–water partition coefficient (Wildman–Crippen LogP) is 1.73. The van der Waals surface area contributed by atoms with Gasteiger partial charge in [-0.05, 0) is 18.1 Å². The zero-order chi connectivity index (χ0) is 9.84. The van der Waals surface area contributed by atoms with Gasteiger partial charge in [0, 0.05) is 5.56 Å². The Kier molecular flexibility index (Phi) is 2.76. The highest BCUT2D eigenvalue weighted by atomic mass is 16.3. The Morgan fingerprint density at radius 3 is 2.62 bits per heavy atom. The van der Waals surface area contributed by atoms with Crippen molar-refractivity contribution in [2.45, 2.75) is 19.8 Å². The molecule has 0 saturated heterocycles. The van der Waals surface area contributed by atoms with Crippen LogP contribution in [0.25, 0.3) is 0 Å². The van der Waals surface area contributed by atoms with E-state index in [1.165, 1.54) is 6.07 Å². The van der Waals surface area contributed by atoms with Crippen LogP contribution in [0.3, 0.4) is 0 Å². The van der Waals surface area contributed by atoms with Crippen LogP contribution in [0.1, 0.15) is 18.1 Å². The largest absolute Gasteiger partial charge is 0.504 e. The summed E-state index contributed by atoms with van der Waals surface area (Å²) in [5.74, 6) is -0.228. The third kappa shape index (κ3) is 1.73. The van der Waals surface area contributed by atoms with E-state index < -0.39 is 0 Å². The number of hydrogen-bond donors (Lipinski definition) is 2. The van der Waals surface area contributed by atoms with Gasteiger partial charge in [0.15, 0.2) is 11.5 Å². The molecule has 0 unspecified atom stereocenters. The van der Waals surface area contributed by atoms with Crippen LogP contribution < -0.4 is 0 Å². The molecule has 3 nitrogen and oxygen atoms in total. The highest BCUT2D eigenvalue weighted by Crippen LogP contribution is 2.31. The molecule has 0 aliphatic carbocycles. The lowest BCUT2D eigenvalue weighted by atomic mass is 10.0. The summed E-state index contributed by atoms with van der Waals surface area (Å²) < 4.78 is 0. The molecule has 2 N–H and O–H groups in total. The van der Waals surface area contributed by atoms with Gasteiger partial charge in [0.05, 0.1) is 12.5 Å². The van der Waals surface area contributed by atoms with Gasteiger partial charge in [-0.1, -0.05) is 13.0 Å². The van der Waals surface area contributed by atoms with Gasteiger partial charge in [0.25, 0.3) is 0 Å². The highest BCUT2D eigenvalue weighted by Gasteiger charge is 2.09. The first-order valence-electron chi connectivity index (χ1n) is 4.10. The van der Waals surface area contributed by atoms with E-state index in [1.54, 1.807) is 6.07 Å². The van der Waals surface area contributed by atoms with E-state index in [2.05, 4.69) is 0 Å². The van der Waals surface area contributed by atoms with Gasteiger partial charge in [0.1, 0.15) is 0 Å². The standard InChI is InChI=1S/C10H11NO2/c1-2-8-7(5-6-11)3-4-9(12)10(8)13/h3-4,12-13H,2,5H2,1H3. The van der Waals surface area contributed by atoms with Crippen LogP contribution in [0.2, 0.25) is 0 Å². The van der Waals surface area contributed by atoms with Crippen LogP contribution in [0, 0.1) is 11.3 Å². The fraction of sp³-hybridized carbons (Fsp3) is 0.300. The van der Waals surface area contributed by atoms with Crippen molar-refractivity contribution in [2.75, 3.05) is 0 Å². The molecule has 0 fully saturated rings. The normalized spacial score (nSPS) is 9.54. The maximum atomic E-state index is 9.45. The summed E-state index contributed by atoms with van der Waals surface area (Å²) in [4.78, 5) is 0. The van der Waals surface area contributed by atoms with Gasteiger partial charge < -0.3 is 10.2 Å². The Hall–Kier alpha value is -1.69. The summed E-state index contributed by atoms with van der Waals surface area (Å²) in [7, 11) is 0. The Morgan fingerprint density at radius 2 is 2.08 bits per heavy atom. The van der Waals surface area contributed by atoms with Crippen molar-refractivity contribution in [3.63, 3.8) is 0 Å². The summed E-state index contributed by atoms with van der Waals surface area (Å²) in [6, 6.07) is 5.08. The molecule has 0 saturated carbocycles. The number of phenolic OH excluding ortho intramolecular Hbond substituents is 2. The number of aromatic hydroxyl groups is 2. The van der Waals surface area contributed by atoms with Crippen molar-refractivity contribution in [2.24, 2.45) is 0 Å². The Bertz CT molecular complexity index is 353. The maximum Gasteiger partial charge on any atom is 0.160 e. The number of nitrogens with zero attached hydrogens (tertiary/aromatic N) is 1. The van der Waals surface area contributed by atoms with Crippen LogP contribution in [-0.2, 0) is 12.8 Å². The average molecular weight is 177 g/mol. The molecule has 1 rings (SSSR count). The average Bonchev–Trinajstić information content (AvgIpc) is 2.12. The minimum absolute atomic E-state index is 0.102. The second-order valence-corrected chi connectivity index (χ2v) is 2.76. The smallest absolute Gasteiger partial charge is 0.160 e. The van der Waals surface area contributed by atoms with Crippen molar-refractivity contribution in [1.29, 1.82) is 5.26 Å². The summed E-state index contributed by atoms with van der Waals surface area (Å²) in [6.45, 7) is 1.87. The second kappa shape index (κ2) is 3.81. The SMILES string of the molecule is CCc1c(CC#N)ccc(O)c1O. The van der Waals surface area contributed by atoms with E-state index in [1.807, 2.05) is 13.0 Å². The molecule has 0 heterocycles. The van der Waals surface area contributed by atoms with Gasteiger partial charge in [-0.3, -0.25) is 0 Å². The second-order valence-electron chi connectivity index (χ2n) is 2.76. The quantitative estimate of drug-likeness (QED) is 0.676. The van der Waals surface area contributed by atoms with E-state index in [-0.39, 0.29) is 17.9 Å². The number of phenols is 2. The molecule has 1 aromatic carbocycles. The van der Waals surface area contributed by atoms with E-state index in [0.29, 0.717) is 12.0 Å². The molecular weight excluding hydrogens is 166 g/mol. The molecular formula is C10H11NO2. The minimum Gasteiger partial charge on any atom is -0.504 e. The molecule has 13 heavy (non-hydrogen) atoms. The number of nitriles is 1. The Balaban J connectivity index is 3.23. The third-order valence-corrected chi connectivity index (χ3v) is 1.98. The first-order valence-corrected chi connectivity index (χ1v) is 4.10. The number of rotatable bonds is 2. The number of hydrogen-bond acceptors (Lipinski definition) is 3. The molecule has 0 aliphatic rings. The maximum absolute atomic E-state index is 9.45. The zero-order valence-electron chi connectivity index (χ0n) is 7.41. The molecule has 0 atom stereocenters. The highest BCUT2D eigenvalue weighted by molar-refractivity contribution is 5.49. The molecule has 0 aromatic heterocycles. The lowest BCUT2D eigenvalue weighted by Gasteiger charge is -2.07. The van der Waals surface area contributed by atoms with Crippen molar-refractivity contribution in [3.05, 3.63) is 23.3 Å². The molecule has 68 valence electrons. The van der Waals surface area contributed by atoms with E-state index in [4.69, 9.17) is 5.26 Å².